The van der Waals surface area contributed by atoms with Crippen molar-refractivity contribution in [1.29, 1.82) is 0 Å². The number of ether oxygens (including phenoxy) is 1. The largest absolute Gasteiger partial charge is 0.477 e. The summed E-state index contributed by atoms with van der Waals surface area (Å²) in [5.41, 5.74) is 0.868. The van der Waals surface area contributed by atoms with Gasteiger partial charge in [0.15, 0.2) is 0 Å². The maximum Gasteiger partial charge on any atom is 0.407 e. The highest BCUT2D eigenvalue weighted by atomic mass is 32.1. The Kier molecular flexibility index (Phi) is 7.17. The van der Waals surface area contributed by atoms with Crippen LogP contribution in [0.2, 0.25) is 0 Å². The fraction of sp³-hybridized carbons (Fsp3) is 0.368. The van der Waals surface area contributed by atoms with E-state index in [0.717, 1.165) is 16.9 Å². The number of amides is 1. The number of carbonyl (C=O) groups is 2. The van der Waals surface area contributed by atoms with Crippen molar-refractivity contribution < 1.29 is 24.5 Å². The summed E-state index contributed by atoms with van der Waals surface area (Å²) in [5, 5.41) is 22.3. The molecule has 140 valence electrons. The molecule has 0 radical (unpaired) electrons. The lowest BCUT2D eigenvalue weighted by Crippen LogP contribution is -2.40. The lowest BCUT2D eigenvalue weighted by Gasteiger charge is -2.24. The molecule has 2 rings (SSSR count). The number of thiophene rings is 1. The Morgan fingerprint density at radius 3 is 2.42 bits per heavy atom. The van der Waals surface area contributed by atoms with Crippen LogP contribution in [-0.4, -0.2) is 28.3 Å². The van der Waals surface area contributed by atoms with Gasteiger partial charge in [0.2, 0.25) is 0 Å². The Bertz CT molecular complexity index is 729. The lowest BCUT2D eigenvalue weighted by atomic mass is 9.98. The highest BCUT2D eigenvalue weighted by Crippen LogP contribution is 2.28. The van der Waals surface area contributed by atoms with Gasteiger partial charge in [0.25, 0.3) is 0 Å². The van der Waals surface area contributed by atoms with Crippen LogP contribution in [0.5, 0.6) is 0 Å². The molecule has 0 aliphatic heterocycles. The molecular weight excluding hydrogens is 354 g/mol. The van der Waals surface area contributed by atoms with Crippen molar-refractivity contribution >= 4 is 23.4 Å². The minimum Gasteiger partial charge on any atom is -0.477 e. The second-order valence-corrected chi connectivity index (χ2v) is 7.51. The van der Waals surface area contributed by atoms with E-state index in [1.807, 2.05) is 44.2 Å². The van der Waals surface area contributed by atoms with E-state index in [4.69, 9.17) is 9.84 Å². The normalized spacial score (nSPS) is 13.2. The van der Waals surface area contributed by atoms with E-state index in [2.05, 4.69) is 5.32 Å². The van der Waals surface area contributed by atoms with Crippen LogP contribution in [0.4, 0.5) is 4.79 Å². The third kappa shape index (κ3) is 5.86. The number of carboxylic acid groups (broad SMARTS) is 1. The number of alkyl carbamates (subject to hydrolysis) is 1. The molecule has 1 amide bonds. The van der Waals surface area contributed by atoms with Gasteiger partial charge in [0.1, 0.15) is 17.6 Å². The number of hydrogen-bond acceptors (Lipinski definition) is 5. The molecule has 3 N–H and O–H groups in total. The Hall–Kier alpha value is -2.38. The maximum atomic E-state index is 12.1. The van der Waals surface area contributed by atoms with Crippen LogP contribution in [0.3, 0.4) is 0 Å². The number of carbonyl (C=O) groups excluding carboxylic acids is 1. The van der Waals surface area contributed by atoms with E-state index < -0.39 is 24.2 Å². The first-order chi connectivity index (χ1) is 12.4. The first kappa shape index (κ1) is 19.9. The van der Waals surface area contributed by atoms with Crippen LogP contribution in [0.1, 0.15) is 46.5 Å². The molecule has 2 aromatic rings. The Balaban J connectivity index is 2.00. The molecule has 0 spiro atoms. The molecule has 0 bridgehead atoms. The highest BCUT2D eigenvalue weighted by Gasteiger charge is 2.26. The number of nitrogens with one attached hydrogen (secondary N) is 1. The van der Waals surface area contributed by atoms with E-state index in [-0.39, 0.29) is 17.4 Å². The predicted octanol–water partition coefficient (Wildman–Crippen LogP) is 3.82. The van der Waals surface area contributed by atoms with Crippen LogP contribution < -0.4 is 5.32 Å². The molecule has 0 unspecified atom stereocenters. The smallest absolute Gasteiger partial charge is 0.407 e. The summed E-state index contributed by atoms with van der Waals surface area (Å²) in [6, 6.07) is 11.8. The number of rotatable bonds is 8. The molecule has 1 aromatic carbocycles. The molecule has 1 aromatic heterocycles. The minimum absolute atomic E-state index is 0.138. The van der Waals surface area contributed by atoms with E-state index in [0.29, 0.717) is 11.3 Å². The minimum atomic E-state index is -1.04. The fourth-order valence-electron chi connectivity index (χ4n) is 2.52. The van der Waals surface area contributed by atoms with Gasteiger partial charge in [0, 0.05) is 4.88 Å². The van der Waals surface area contributed by atoms with Crippen molar-refractivity contribution in [3.63, 3.8) is 0 Å². The SMILES string of the molecule is CC(C)C[C@H](NC(=O)OCc1ccccc1)[C@@H](O)c1ccc(C(=O)O)s1. The van der Waals surface area contributed by atoms with Gasteiger partial charge < -0.3 is 20.3 Å². The van der Waals surface area contributed by atoms with Crippen LogP contribution >= 0.6 is 11.3 Å². The van der Waals surface area contributed by atoms with Crippen LogP contribution in [0, 0.1) is 5.92 Å². The zero-order valence-corrected chi connectivity index (χ0v) is 15.5. The molecule has 0 aliphatic rings. The van der Waals surface area contributed by atoms with Gasteiger partial charge in [-0.15, -0.1) is 11.3 Å². The van der Waals surface area contributed by atoms with Crippen LogP contribution in [-0.2, 0) is 11.3 Å². The number of hydrogen-bond donors (Lipinski definition) is 3. The van der Waals surface area contributed by atoms with Gasteiger partial charge in [-0.1, -0.05) is 44.2 Å². The molecule has 0 saturated heterocycles. The second-order valence-electron chi connectivity index (χ2n) is 6.39. The van der Waals surface area contributed by atoms with Gasteiger partial charge in [-0.05, 0) is 30.0 Å². The van der Waals surface area contributed by atoms with Gasteiger partial charge in [0.05, 0.1) is 6.04 Å². The Morgan fingerprint density at radius 1 is 1.15 bits per heavy atom. The Morgan fingerprint density at radius 2 is 1.85 bits per heavy atom. The summed E-state index contributed by atoms with van der Waals surface area (Å²) < 4.78 is 5.22. The number of benzene rings is 1. The summed E-state index contributed by atoms with van der Waals surface area (Å²) in [5.74, 6) is -0.813. The third-order valence-electron chi connectivity index (χ3n) is 3.75. The summed E-state index contributed by atoms with van der Waals surface area (Å²) in [6.07, 6.45) is -1.09. The fourth-order valence-corrected chi connectivity index (χ4v) is 3.41. The summed E-state index contributed by atoms with van der Waals surface area (Å²) in [7, 11) is 0. The third-order valence-corrected chi connectivity index (χ3v) is 4.90. The summed E-state index contributed by atoms with van der Waals surface area (Å²) >= 11 is 1.00. The molecule has 6 nitrogen and oxygen atoms in total. The topological polar surface area (TPSA) is 95.9 Å². The molecule has 1 heterocycles. The number of aromatic carboxylic acids is 1. The molecule has 7 heteroatoms. The predicted molar refractivity (Wildman–Crippen MR) is 99.2 cm³/mol. The average molecular weight is 377 g/mol. The van der Waals surface area contributed by atoms with Gasteiger partial charge >= 0.3 is 12.1 Å². The van der Waals surface area contributed by atoms with Gasteiger partial charge in [-0.3, -0.25) is 0 Å². The molecule has 0 fully saturated rings. The lowest BCUT2D eigenvalue weighted by molar-refractivity contribution is 0.0702. The van der Waals surface area contributed by atoms with Crippen molar-refractivity contribution in [3.8, 4) is 0 Å². The molecule has 0 saturated carbocycles. The number of aliphatic hydroxyl groups is 1. The number of aliphatic hydroxyl groups excluding tert-OH is 1. The van der Waals surface area contributed by atoms with Crippen LogP contribution in [0.15, 0.2) is 42.5 Å². The quantitative estimate of drug-likeness (QED) is 0.650. The Labute approximate surface area is 156 Å². The second kappa shape index (κ2) is 9.35. The number of carboxylic acids is 1. The van der Waals surface area contributed by atoms with Crippen molar-refractivity contribution in [3.05, 3.63) is 57.8 Å². The van der Waals surface area contributed by atoms with Gasteiger partial charge in [-0.25, -0.2) is 9.59 Å². The van der Waals surface area contributed by atoms with Gasteiger partial charge in [-0.2, -0.15) is 0 Å². The van der Waals surface area contributed by atoms with Crippen molar-refractivity contribution in [2.45, 2.75) is 39.0 Å². The van der Waals surface area contributed by atoms with E-state index in [1.165, 1.54) is 6.07 Å². The highest BCUT2D eigenvalue weighted by molar-refractivity contribution is 7.14. The van der Waals surface area contributed by atoms with Crippen molar-refractivity contribution in [2.75, 3.05) is 0 Å². The monoisotopic (exact) mass is 377 g/mol. The maximum absolute atomic E-state index is 12.1. The average Bonchev–Trinajstić information content (AvgIpc) is 3.09. The van der Waals surface area contributed by atoms with E-state index in [1.54, 1.807) is 6.07 Å². The van der Waals surface area contributed by atoms with Crippen molar-refractivity contribution in [2.24, 2.45) is 5.92 Å². The molecule has 0 aliphatic carbocycles. The zero-order valence-electron chi connectivity index (χ0n) is 14.7. The first-order valence-electron chi connectivity index (χ1n) is 8.35. The zero-order chi connectivity index (χ0) is 19.1. The molecule has 26 heavy (non-hydrogen) atoms. The summed E-state index contributed by atoms with van der Waals surface area (Å²) in [6.45, 7) is 4.10. The summed E-state index contributed by atoms with van der Waals surface area (Å²) in [4.78, 5) is 23.8. The molecular formula is C19H23NO5S. The van der Waals surface area contributed by atoms with E-state index in [9.17, 15) is 14.7 Å². The van der Waals surface area contributed by atoms with E-state index >= 15 is 0 Å². The van der Waals surface area contributed by atoms with Crippen molar-refractivity contribution in [1.82, 2.24) is 5.32 Å². The first-order valence-corrected chi connectivity index (χ1v) is 9.16. The molecule has 2 atom stereocenters. The van der Waals surface area contributed by atoms with Crippen LogP contribution in [0.25, 0.3) is 0 Å². The standard InChI is InChI=1S/C19H23NO5S/c1-12(2)10-14(17(21)15-8-9-16(26-15)18(22)23)20-19(24)25-11-13-6-4-3-5-7-13/h3-9,12,14,17,21H,10-11H2,1-2H3,(H,20,24)(H,22,23)/t14-,17+/m0/s1.